The number of rotatable bonds is 3. The summed E-state index contributed by atoms with van der Waals surface area (Å²) in [6, 6.07) is 9.91. The average molecular weight is 271 g/mol. The fourth-order valence-electron chi connectivity index (χ4n) is 2.04. The van der Waals surface area contributed by atoms with Crippen molar-refractivity contribution in [2.45, 2.75) is 6.54 Å². The minimum Gasteiger partial charge on any atom is -0.508 e. The number of benzene rings is 2. The lowest BCUT2D eigenvalue weighted by Gasteiger charge is -2.08. The van der Waals surface area contributed by atoms with Gasteiger partial charge in [-0.2, -0.15) is 0 Å². The van der Waals surface area contributed by atoms with Crippen molar-refractivity contribution in [1.82, 2.24) is 9.97 Å². The van der Waals surface area contributed by atoms with E-state index in [0.717, 1.165) is 16.7 Å². The molecular formula is C14H13N3O3. The summed E-state index contributed by atoms with van der Waals surface area (Å²) in [4.78, 5) is 16.5. The molecule has 0 radical (unpaired) electrons. The van der Waals surface area contributed by atoms with Gasteiger partial charge in [-0.25, -0.2) is 4.79 Å². The Morgan fingerprint density at radius 1 is 1.00 bits per heavy atom. The summed E-state index contributed by atoms with van der Waals surface area (Å²) >= 11 is 0. The molecule has 6 heteroatoms. The smallest absolute Gasteiger partial charge is 0.323 e. The Hall–Kier alpha value is -2.89. The number of H-pyrrole nitrogens is 2. The van der Waals surface area contributed by atoms with Gasteiger partial charge in [0.1, 0.15) is 11.5 Å². The van der Waals surface area contributed by atoms with Crippen LogP contribution in [-0.2, 0) is 6.54 Å². The highest BCUT2D eigenvalue weighted by molar-refractivity contribution is 5.78. The maximum absolute atomic E-state index is 11.2. The standard InChI is InChI=1S/C14H13N3O3/c18-10-3-1-8(13(19)6-10)7-15-9-2-4-11-12(5-9)17-14(20)16-11/h1-6,15,18-19H,7H2,(H2,16,17,20). The van der Waals surface area contributed by atoms with Gasteiger partial charge in [-0.3, -0.25) is 0 Å². The van der Waals surface area contributed by atoms with Gasteiger partial charge in [0, 0.05) is 23.9 Å². The topological polar surface area (TPSA) is 101 Å². The van der Waals surface area contributed by atoms with Gasteiger partial charge >= 0.3 is 5.69 Å². The average Bonchev–Trinajstić information content (AvgIpc) is 2.77. The lowest BCUT2D eigenvalue weighted by Crippen LogP contribution is -1.99. The van der Waals surface area contributed by atoms with Crippen molar-refractivity contribution in [3.63, 3.8) is 0 Å². The third kappa shape index (κ3) is 2.31. The Labute approximate surface area is 113 Å². The molecule has 1 aromatic heterocycles. The van der Waals surface area contributed by atoms with E-state index in [2.05, 4.69) is 15.3 Å². The number of aromatic nitrogens is 2. The van der Waals surface area contributed by atoms with Crippen LogP contribution in [0, 0.1) is 0 Å². The van der Waals surface area contributed by atoms with E-state index in [1.807, 2.05) is 12.1 Å². The van der Waals surface area contributed by atoms with Crippen molar-refractivity contribution in [1.29, 1.82) is 0 Å². The summed E-state index contributed by atoms with van der Waals surface area (Å²) in [5.74, 6) is 0.0613. The highest BCUT2D eigenvalue weighted by Gasteiger charge is 2.03. The van der Waals surface area contributed by atoms with Gasteiger partial charge in [-0.15, -0.1) is 0 Å². The van der Waals surface area contributed by atoms with E-state index < -0.39 is 0 Å². The van der Waals surface area contributed by atoms with Crippen LogP contribution < -0.4 is 11.0 Å². The van der Waals surface area contributed by atoms with Crippen molar-refractivity contribution in [3.8, 4) is 11.5 Å². The predicted octanol–water partition coefficient (Wildman–Crippen LogP) is 1.88. The van der Waals surface area contributed by atoms with Crippen LogP contribution in [-0.4, -0.2) is 20.2 Å². The zero-order chi connectivity index (χ0) is 14.1. The Bertz CT molecular complexity index is 820. The molecule has 5 N–H and O–H groups in total. The van der Waals surface area contributed by atoms with Gasteiger partial charge in [-0.05, 0) is 30.3 Å². The van der Waals surface area contributed by atoms with E-state index in [0.29, 0.717) is 12.1 Å². The molecule has 3 aromatic rings. The molecule has 0 fully saturated rings. The van der Waals surface area contributed by atoms with Crippen molar-refractivity contribution in [3.05, 3.63) is 52.4 Å². The molecule has 0 saturated heterocycles. The van der Waals surface area contributed by atoms with Gasteiger partial charge < -0.3 is 25.5 Å². The molecule has 0 aliphatic carbocycles. The molecule has 6 nitrogen and oxygen atoms in total. The van der Waals surface area contributed by atoms with Crippen LogP contribution in [0.2, 0.25) is 0 Å². The molecule has 0 amide bonds. The summed E-state index contributed by atoms with van der Waals surface area (Å²) < 4.78 is 0. The van der Waals surface area contributed by atoms with Gasteiger partial charge in [0.25, 0.3) is 0 Å². The van der Waals surface area contributed by atoms with Crippen LogP contribution in [0.1, 0.15) is 5.56 Å². The predicted molar refractivity (Wildman–Crippen MR) is 76.0 cm³/mol. The molecule has 0 saturated carbocycles. The van der Waals surface area contributed by atoms with Crippen molar-refractivity contribution in [2.24, 2.45) is 0 Å². The van der Waals surface area contributed by atoms with E-state index in [9.17, 15) is 15.0 Å². The van der Waals surface area contributed by atoms with Crippen LogP contribution in [0.4, 0.5) is 5.69 Å². The lowest BCUT2D eigenvalue weighted by molar-refractivity contribution is 0.446. The summed E-state index contributed by atoms with van der Waals surface area (Å²) in [6.07, 6.45) is 0. The first-order valence-corrected chi connectivity index (χ1v) is 6.08. The number of hydrogen-bond acceptors (Lipinski definition) is 4. The number of aromatic amines is 2. The molecule has 102 valence electrons. The number of fused-ring (bicyclic) bond motifs is 1. The minimum atomic E-state index is -0.242. The van der Waals surface area contributed by atoms with Gasteiger partial charge in [0.05, 0.1) is 11.0 Å². The molecule has 0 aliphatic rings. The molecule has 0 aliphatic heterocycles. The van der Waals surface area contributed by atoms with Crippen LogP contribution >= 0.6 is 0 Å². The number of aromatic hydroxyl groups is 2. The van der Waals surface area contributed by atoms with Crippen molar-refractivity contribution < 1.29 is 10.2 Å². The third-order valence-corrected chi connectivity index (χ3v) is 3.07. The number of phenolic OH excluding ortho intramolecular Hbond substituents is 2. The number of phenols is 2. The molecule has 0 unspecified atom stereocenters. The third-order valence-electron chi connectivity index (χ3n) is 3.07. The van der Waals surface area contributed by atoms with E-state index in [-0.39, 0.29) is 17.2 Å². The zero-order valence-electron chi connectivity index (χ0n) is 10.5. The van der Waals surface area contributed by atoms with Crippen LogP contribution in [0.3, 0.4) is 0 Å². The monoisotopic (exact) mass is 271 g/mol. The molecular weight excluding hydrogens is 258 g/mol. The Morgan fingerprint density at radius 3 is 2.60 bits per heavy atom. The maximum Gasteiger partial charge on any atom is 0.323 e. The van der Waals surface area contributed by atoms with E-state index >= 15 is 0 Å². The van der Waals surface area contributed by atoms with Crippen LogP contribution in [0.15, 0.2) is 41.2 Å². The number of imidazole rings is 1. The minimum absolute atomic E-state index is 0.0255. The van der Waals surface area contributed by atoms with Gasteiger partial charge in [0.2, 0.25) is 0 Å². The Morgan fingerprint density at radius 2 is 1.80 bits per heavy atom. The maximum atomic E-state index is 11.2. The molecule has 0 spiro atoms. The molecule has 0 atom stereocenters. The molecule has 2 aromatic carbocycles. The molecule has 20 heavy (non-hydrogen) atoms. The first kappa shape index (κ1) is 12.2. The van der Waals surface area contributed by atoms with E-state index in [1.54, 1.807) is 12.1 Å². The fraction of sp³-hybridized carbons (Fsp3) is 0.0714. The number of anilines is 1. The fourth-order valence-corrected chi connectivity index (χ4v) is 2.04. The first-order chi connectivity index (χ1) is 9.61. The Balaban J connectivity index is 1.80. The summed E-state index contributed by atoms with van der Waals surface area (Å²) in [5, 5.41) is 22.1. The zero-order valence-corrected chi connectivity index (χ0v) is 10.5. The summed E-state index contributed by atoms with van der Waals surface area (Å²) in [7, 11) is 0. The summed E-state index contributed by atoms with van der Waals surface area (Å²) in [6.45, 7) is 0.409. The SMILES string of the molecule is O=c1[nH]c2ccc(NCc3ccc(O)cc3O)cc2[nH]1. The quantitative estimate of drug-likeness (QED) is 0.502. The highest BCUT2D eigenvalue weighted by atomic mass is 16.3. The second-order valence-corrected chi connectivity index (χ2v) is 4.51. The van der Waals surface area contributed by atoms with Gasteiger partial charge in [-0.1, -0.05) is 0 Å². The normalized spacial score (nSPS) is 10.8. The number of nitrogens with one attached hydrogen (secondary N) is 3. The first-order valence-electron chi connectivity index (χ1n) is 6.08. The van der Waals surface area contributed by atoms with E-state index in [4.69, 9.17) is 0 Å². The van der Waals surface area contributed by atoms with E-state index in [1.165, 1.54) is 12.1 Å². The van der Waals surface area contributed by atoms with Crippen molar-refractivity contribution >= 4 is 16.7 Å². The lowest BCUT2D eigenvalue weighted by atomic mass is 10.2. The van der Waals surface area contributed by atoms with Crippen LogP contribution in [0.5, 0.6) is 11.5 Å². The highest BCUT2D eigenvalue weighted by Crippen LogP contribution is 2.23. The largest absolute Gasteiger partial charge is 0.508 e. The second-order valence-electron chi connectivity index (χ2n) is 4.51. The summed E-state index contributed by atoms with van der Waals surface area (Å²) in [5.41, 5.74) is 2.71. The van der Waals surface area contributed by atoms with Crippen molar-refractivity contribution in [2.75, 3.05) is 5.32 Å². The number of hydrogen-bond donors (Lipinski definition) is 5. The molecule has 0 bridgehead atoms. The molecule has 1 heterocycles. The molecule has 3 rings (SSSR count). The Kier molecular flexibility index (Phi) is 2.83. The van der Waals surface area contributed by atoms with Crippen LogP contribution in [0.25, 0.3) is 11.0 Å². The van der Waals surface area contributed by atoms with Gasteiger partial charge in [0.15, 0.2) is 0 Å². The second kappa shape index (κ2) is 4.65.